The number of aliphatic hydroxyl groups excluding tert-OH is 11. The Labute approximate surface area is 648 Å². The Morgan fingerprint density at radius 1 is 0.346 bits per heavy atom. The van der Waals surface area contributed by atoms with E-state index in [2.05, 4.69) is 92.1 Å². The van der Waals surface area contributed by atoms with E-state index in [4.69, 9.17) is 28.4 Å². The van der Waals surface area contributed by atoms with Crippen molar-refractivity contribution in [2.75, 3.05) is 26.4 Å². The minimum Gasteiger partial charge on any atom is -0.394 e. The Kier molecular flexibility index (Phi) is 61.9. The van der Waals surface area contributed by atoms with E-state index < -0.39 is 124 Å². The Bertz CT molecular complexity index is 2260. The third kappa shape index (κ3) is 46.7. The first kappa shape index (κ1) is 98.2. The molecule has 17 unspecified atom stereocenters. The highest BCUT2D eigenvalue weighted by Crippen LogP contribution is 2.33. The molecule has 0 aromatic carbocycles. The van der Waals surface area contributed by atoms with Crippen LogP contribution in [0, 0.1) is 0 Å². The summed E-state index contributed by atoms with van der Waals surface area (Å²) in [4.78, 5) is 13.5. The molecule has 3 aliphatic rings. The zero-order valence-corrected chi connectivity index (χ0v) is 66.9. The van der Waals surface area contributed by atoms with Crippen LogP contribution in [0.4, 0.5) is 0 Å². The second-order valence-corrected chi connectivity index (χ2v) is 30.6. The zero-order valence-electron chi connectivity index (χ0n) is 66.9. The van der Waals surface area contributed by atoms with Gasteiger partial charge in [0.1, 0.15) is 73.2 Å². The lowest BCUT2D eigenvalue weighted by Gasteiger charge is -2.48. The average molecular weight is 1520 g/mol. The Morgan fingerprint density at radius 3 is 1.05 bits per heavy atom. The summed E-state index contributed by atoms with van der Waals surface area (Å²) in [6.07, 6.45) is 64.5. The van der Waals surface area contributed by atoms with Crippen LogP contribution in [0.15, 0.2) is 85.1 Å². The van der Waals surface area contributed by atoms with Gasteiger partial charge in [-0.25, -0.2) is 0 Å². The second-order valence-electron chi connectivity index (χ2n) is 30.6. The number of amides is 1. The predicted molar refractivity (Wildman–Crippen MR) is 429 cm³/mol. The fourth-order valence-corrected chi connectivity index (χ4v) is 14.3. The fourth-order valence-electron chi connectivity index (χ4n) is 14.3. The molecule has 3 aliphatic heterocycles. The number of hydrogen-bond acceptors (Lipinski definition) is 18. The fraction of sp³-hybridized carbons (Fsp3) is 0.830. The van der Waals surface area contributed by atoms with Crippen molar-refractivity contribution in [1.29, 1.82) is 0 Å². The van der Waals surface area contributed by atoms with E-state index in [-0.39, 0.29) is 18.9 Å². The second kappa shape index (κ2) is 67.5. The molecule has 3 saturated heterocycles. The smallest absolute Gasteiger partial charge is 0.220 e. The van der Waals surface area contributed by atoms with Crippen LogP contribution in [0.1, 0.15) is 335 Å². The number of aliphatic hydroxyl groups is 11. The summed E-state index contributed by atoms with van der Waals surface area (Å²) in [6.45, 7) is 1.64. The molecule has 0 spiro atoms. The summed E-state index contributed by atoms with van der Waals surface area (Å²) in [6, 6.07) is -1.00. The molecule has 622 valence electrons. The van der Waals surface area contributed by atoms with Gasteiger partial charge in [-0.05, 0) is 83.5 Å². The van der Waals surface area contributed by atoms with Crippen LogP contribution in [-0.2, 0) is 33.2 Å². The van der Waals surface area contributed by atoms with E-state index in [1.54, 1.807) is 6.08 Å². The van der Waals surface area contributed by atoms with Crippen LogP contribution in [0.5, 0.6) is 0 Å². The van der Waals surface area contributed by atoms with Gasteiger partial charge in [0.25, 0.3) is 0 Å². The summed E-state index contributed by atoms with van der Waals surface area (Å²) in [7, 11) is 0. The molecule has 19 heteroatoms. The molecule has 0 radical (unpaired) electrons. The van der Waals surface area contributed by atoms with Crippen LogP contribution in [-0.4, -0.2) is 193 Å². The van der Waals surface area contributed by atoms with Crippen molar-refractivity contribution in [2.24, 2.45) is 0 Å². The SMILES string of the molecule is CC/C=C\C/C=C\C/C=C\C/C=C\CCCCCCCCCCCCCCCCCCC(=O)NC(COC1OC(CO)C(OC2OC(CO)C(OC3OC(CO)C(O)C(O)C3O)C(O)C2O)C(O)C1O)C(O)/C=C/CC/C=C/CC/C=C/CCCCCCCCCCCCCCCCCCCCCCCCC. The number of rotatable bonds is 69. The van der Waals surface area contributed by atoms with E-state index in [1.165, 1.54) is 231 Å². The van der Waals surface area contributed by atoms with Gasteiger partial charge in [-0.3, -0.25) is 4.79 Å². The normalized spacial score (nSPS) is 25.9. The molecular formula is C88H157NO18. The summed E-state index contributed by atoms with van der Waals surface area (Å²) >= 11 is 0. The van der Waals surface area contributed by atoms with Gasteiger partial charge in [0, 0.05) is 6.42 Å². The summed E-state index contributed by atoms with van der Waals surface area (Å²) in [5.41, 5.74) is 0. The van der Waals surface area contributed by atoms with Crippen LogP contribution in [0.2, 0.25) is 0 Å². The van der Waals surface area contributed by atoms with E-state index >= 15 is 0 Å². The highest BCUT2D eigenvalue weighted by atomic mass is 16.8. The molecule has 3 rings (SSSR count). The average Bonchev–Trinajstić information content (AvgIpc) is 0.781. The van der Waals surface area contributed by atoms with Gasteiger partial charge >= 0.3 is 0 Å². The summed E-state index contributed by atoms with van der Waals surface area (Å²) in [5, 5.41) is 121. The molecule has 3 fully saturated rings. The minimum absolute atomic E-state index is 0.229. The van der Waals surface area contributed by atoms with Gasteiger partial charge < -0.3 is 89.9 Å². The van der Waals surface area contributed by atoms with E-state index in [0.717, 1.165) is 70.6 Å². The third-order valence-corrected chi connectivity index (χ3v) is 21.2. The quantitative estimate of drug-likeness (QED) is 0.0199. The first-order valence-corrected chi connectivity index (χ1v) is 43.3. The molecule has 1 amide bonds. The number of hydrogen-bond donors (Lipinski definition) is 12. The van der Waals surface area contributed by atoms with Crippen LogP contribution >= 0.6 is 0 Å². The van der Waals surface area contributed by atoms with Gasteiger partial charge in [0.15, 0.2) is 18.9 Å². The Morgan fingerprint density at radius 2 is 0.654 bits per heavy atom. The number of allylic oxidation sites excluding steroid dienone is 13. The number of carbonyl (C=O) groups excluding carboxylic acids is 1. The molecule has 0 aromatic rings. The molecule has 0 saturated carbocycles. The maximum absolute atomic E-state index is 13.5. The largest absolute Gasteiger partial charge is 0.394 e. The molecule has 3 heterocycles. The van der Waals surface area contributed by atoms with Crippen LogP contribution in [0.3, 0.4) is 0 Å². The number of unbranched alkanes of at least 4 members (excludes halogenated alkanes) is 41. The summed E-state index contributed by atoms with van der Waals surface area (Å²) < 4.78 is 34.5. The molecule has 0 aromatic heterocycles. The predicted octanol–water partition coefficient (Wildman–Crippen LogP) is 15.7. The first-order valence-electron chi connectivity index (χ1n) is 43.3. The Hall–Kier alpha value is -3.03. The van der Waals surface area contributed by atoms with Crippen molar-refractivity contribution in [3.8, 4) is 0 Å². The molecule has 19 nitrogen and oxygen atoms in total. The zero-order chi connectivity index (χ0) is 77.4. The Balaban J connectivity index is 1.36. The van der Waals surface area contributed by atoms with Crippen molar-refractivity contribution >= 4 is 5.91 Å². The topological polar surface area (TPSA) is 307 Å². The highest BCUT2D eigenvalue weighted by molar-refractivity contribution is 5.76. The lowest BCUT2D eigenvalue weighted by atomic mass is 9.96. The minimum atomic E-state index is -1.99. The molecule has 107 heavy (non-hydrogen) atoms. The van der Waals surface area contributed by atoms with E-state index in [1.807, 2.05) is 6.08 Å². The molecule has 17 atom stereocenters. The lowest BCUT2D eigenvalue weighted by Crippen LogP contribution is -2.66. The summed E-state index contributed by atoms with van der Waals surface area (Å²) in [5.74, 6) is -0.288. The number of nitrogens with one attached hydrogen (secondary N) is 1. The van der Waals surface area contributed by atoms with E-state index in [0.29, 0.717) is 12.8 Å². The van der Waals surface area contributed by atoms with Gasteiger partial charge in [0.2, 0.25) is 5.91 Å². The number of carbonyl (C=O) groups is 1. The van der Waals surface area contributed by atoms with Crippen molar-refractivity contribution in [3.05, 3.63) is 85.1 Å². The molecule has 0 aliphatic carbocycles. The van der Waals surface area contributed by atoms with Gasteiger partial charge in [-0.15, -0.1) is 0 Å². The van der Waals surface area contributed by atoms with Gasteiger partial charge in [-0.2, -0.15) is 0 Å². The van der Waals surface area contributed by atoms with Crippen molar-refractivity contribution in [2.45, 2.75) is 439 Å². The van der Waals surface area contributed by atoms with Crippen molar-refractivity contribution in [3.63, 3.8) is 0 Å². The van der Waals surface area contributed by atoms with Crippen molar-refractivity contribution in [1.82, 2.24) is 5.32 Å². The van der Waals surface area contributed by atoms with Crippen LogP contribution in [0.25, 0.3) is 0 Å². The number of ether oxygens (including phenoxy) is 6. The highest BCUT2D eigenvalue weighted by Gasteiger charge is 2.54. The molecular weight excluding hydrogens is 1360 g/mol. The molecule has 0 bridgehead atoms. The van der Waals surface area contributed by atoms with Crippen molar-refractivity contribution < 1.29 is 89.4 Å². The molecule has 12 N–H and O–H groups in total. The van der Waals surface area contributed by atoms with Gasteiger partial charge in [-0.1, -0.05) is 330 Å². The van der Waals surface area contributed by atoms with Crippen LogP contribution < -0.4 is 5.32 Å². The standard InChI is InChI=1S/C88H157NO18/c1-3-5-7-9-11-13-15-17-19-21-23-25-27-29-31-33-34-35-36-38-39-41-43-45-47-49-51-53-55-57-59-61-63-65-72(93)71(89-76(94)66-64-62-60-58-56-54-52-50-48-46-44-42-40-37-32-30-28-26-24-22-20-18-16-14-12-10-8-6-4-2)70-102-86-82(100)79(97)84(74(68-91)104-86)107-88-83(101)80(98)85(75(69-92)105-88)106-87-81(99)78(96)77(95)73(67-90)103-87/h6,8,12,14,18,20,24,26,47,49,55,57,63,65,71-75,77-88,90-93,95-101H,3-5,7,9-11,13,15-17,19,21-23,25,27-46,48,50-54,56,58-62,64,66-70H2,1-2H3,(H,89,94)/b8-6-,14-12-,20-18-,26-24-,49-47+,57-55+,65-63+. The maximum atomic E-state index is 13.5. The first-order chi connectivity index (χ1) is 52.3. The van der Waals surface area contributed by atoms with E-state index in [9.17, 15) is 61.0 Å². The monoisotopic (exact) mass is 1520 g/mol. The van der Waals surface area contributed by atoms with Gasteiger partial charge in [0.05, 0.1) is 38.6 Å². The maximum Gasteiger partial charge on any atom is 0.220 e. The lowest BCUT2D eigenvalue weighted by molar-refractivity contribution is -0.379. The third-order valence-electron chi connectivity index (χ3n) is 21.2.